The number of nitrogens with one attached hydrogen (secondary N) is 1. The monoisotopic (exact) mass is 476 g/mol. The van der Waals surface area contributed by atoms with E-state index in [0.29, 0.717) is 10.7 Å². The maximum atomic E-state index is 12.7. The Kier molecular flexibility index (Phi) is 6.94. The summed E-state index contributed by atoms with van der Waals surface area (Å²) in [7, 11) is -4.33. The summed E-state index contributed by atoms with van der Waals surface area (Å²) in [5, 5.41) is 21.7. The molecule has 2 aromatic carbocycles. The lowest BCUT2D eigenvalue weighted by Crippen LogP contribution is -2.27. The predicted molar refractivity (Wildman–Crippen MR) is 121 cm³/mol. The summed E-state index contributed by atoms with van der Waals surface area (Å²) < 4.78 is 30.6. The third-order valence-electron chi connectivity index (χ3n) is 4.36. The van der Waals surface area contributed by atoms with E-state index in [-0.39, 0.29) is 33.4 Å². The lowest BCUT2D eigenvalue weighted by Gasteiger charge is -2.10. The van der Waals surface area contributed by atoms with Crippen LogP contribution in [-0.2, 0) is 14.9 Å². The summed E-state index contributed by atoms with van der Waals surface area (Å²) in [4.78, 5) is 21.8. The van der Waals surface area contributed by atoms with Gasteiger partial charge in [-0.2, -0.15) is 13.5 Å². The van der Waals surface area contributed by atoms with Crippen molar-refractivity contribution in [2.24, 2.45) is 16.1 Å². The number of benzene rings is 2. The molecule has 3 rings (SSSR count). The summed E-state index contributed by atoms with van der Waals surface area (Å²) in [5.74, 6) is -0.0247. The zero-order valence-electron chi connectivity index (χ0n) is 17.4. The van der Waals surface area contributed by atoms with Crippen molar-refractivity contribution >= 4 is 44.9 Å². The van der Waals surface area contributed by atoms with Crippen LogP contribution in [0.15, 0.2) is 57.6 Å². The summed E-state index contributed by atoms with van der Waals surface area (Å²) in [6, 6.07) is 9.35. The maximum absolute atomic E-state index is 12.7. The molecule has 168 valence electrons. The Morgan fingerprint density at radius 1 is 1.25 bits per heavy atom. The van der Waals surface area contributed by atoms with Crippen LogP contribution in [0.25, 0.3) is 0 Å². The van der Waals surface area contributed by atoms with E-state index in [0.717, 1.165) is 11.6 Å². The van der Waals surface area contributed by atoms with Gasteiger partial charge >= 0.3 is 10.1 Å². The number of amidine groups is 1. The maximum Gasteiger partial charge on any atom is 0.339 e. The van der Waals surface area contributed by atoms with Crippen molar-refractivity contribution in [3.05, 3.63) is 63.7 Å². The van der Waals surface area contributed by atoms with Gasteiger partial charge in [0.2, 0.25) is 5.91 Å². The number of nitro groups is 1. The third-order valence-corrected chi connectivity index (χ3v) is 7.01. The molecule has 0 aliphatic carbocycles. The molecule has 1 amide bonds. The highest BCUT2D eigenvalue weighted by molar-refractivity contribution is 8.15. The highest BCUT2D eigenvalue weighted by Gasteiger charge is 2.32. The molecule has 1 aliphatic rings. The molecule has 1 atom stereocenters. The van der Waals surface area contributed by atoms with E-state index in [1.165, 1.54) is 42.2 Å². The minimum Gasteiger partial charge on any atom is -0.378 e. The molecule has 1 heterocycles. The van der Waals surface area contributed by atoms with E-state index in [9.17, 15) is 23.3 Å². The predicted octanol–water partition coefficient (Wildman–Crippen LogP) is 3.25. The van der Waals surface area contributed by atoms with Gasteiger partial charge in [-0.1, -0.05) is 43.3 Å². The quantitative estimate of drug-likeness (QED) is 0.280. The van der Waals surface area contributed by atoms with E-state index in [4.69, 9.17) is 4.18 Å². The number of carbonyl (C=O) groups excluding carboxylic acids is 1. The van der Waals surface area contributed by atoms with Gasteiger partial charge in [0.15, 0.2) is 10.9 Å². The highest BCUT2D eigenvalue weighted by atomic mass is 32.2. The minimum atomic E-state index is -4.33. The fraction of sp³-hybridized carbons (Fsp3) is 0.250. The molecule has 1 aliphatic heterocycles. The number of hydrogen-bond acceptors (Lipinski definition) is 9. The van der Waals surface area contributed by atoms with Crippen molar-refractivity contribution < 1.29 is 22.3 Å². The highest BCUT2D eigenvalue weighted by Crippen LogP contribution is 2.27. The fourth-order valence-corrected chi connectivity index (χ4v) is 4.70. The summed E-state index contributed by atoms with van der Waals surface area (Å²) >= 11 is 1.27. The number of hydrogen-bond donors (Lipinski definition) is 1. The number of rotatable bonds is 7. The Labute approximate surface area is 189 Å². The SMILES string of the molecule is Cc1ccc(OS(=O)(=O)c2cccc([N+](=O)[O-])c2)c(/C=N/N=C2\NC(=O)C(C(C)C)S2)c1. The molecule has 10 nitrogen and oxygen atoms in total. The van der Waals surface area contributed by atoms with Gasteiger partial charge in [0.05, 0.1) is 16.4 Å². The van der Waals surface area contributed by atoms with Crippen molar-refractivity contribution in [3.63, 3.8) is 0 Å². The molecule has 1 saturated heterocycles. The number of non-ortho nitro benzene ring substituents is 1. The van der Waals surface area contributed by atoms with E-state index in [2.05, 4.69) is 15.5 Å². The zero-order chi connectivity index (χ0) is 23.5. The molecular weight excluding hydrogens is 456 g/mol. The summed E-state index contributed by atoms with van der Waals surface area (Å²) in [5.41, 5.74) is 0.785. The molecule has 2 aromatic rings. The van der Waals surface area contributed by atoms with Crippen molar-refractivity contribution in [1.82, 2.24) is 5.32 Å². The van der Waals surface area contributed by atoms with Crippen LogP contribution in [0.1, 0.15) is 25.0 Å². The van der Waals surface area contributed by atoms with Crippen LogP contribution in [0.2, 0.25) is 0 Å². The molecule has 0 spiro atoms. The van der Waals surface area contributed by atoms with Crippen LogP contribution >= 0.6 is 11.8 Å². The average Bonchev–Trinajstić information content (AvgIpc) is 3.10. The number of thioether (sulfide) groups is 1. The molecule has 32 heavy (non-hydrogen) atoms. The standard InChI is InChI=1S/C20H20N4O6S2/c1-12(2)18-19(25)22-20(31-18)23-21-11-14-9-13(3)7-8-17(14)30-32(28,29)16-6-4-5-15(10-16)24(26)27/h4-12,18H,1-3H3,(H,22,23,25)/b21-11+. The van der Waals surface area contributed by atoms with Gasteiger partial charge < -0.3 is 9.50 Å². The van der Waals surface area contributed by atoms with Gasteiger partial charge in [0, 0.05) is 17.7 Å². The Morgan fingerprint density at radius 2 is 2.00 bits per heavy atom. The van der Waals surface area contributed by atoms with Crippen molar-refractivity contribution in [1.29, 1.82) is 0 Å². The first-order chi connectivity index (χ1) is 15.1. The molecule has 0 saturated carbocycles. The van der Waals surface area contributed by atoms with E-state index >= 15 is 0 Å². The number of amides is 1. The van der Waals surface area contributed by atoms with E-state index < -0.39 is 15.0 Å². The number of nitro benzene ring substituents is 1. The second kappa shape index (κ2) is 9.49. The number of carbonyl (C=O) groups is 1. The minimum absolute atomic E-state index is 0.0192. The van der Waals surface area contributed by atoms with Gasteiger partial charge in [0.1, 0.15) is 4.90 Å². The molecule has 1 fully saturated rings. The Morgan fingerprint density at radius 3 is 2.66 bits per heavy atom. The van der Waals surface area contributed by atoms with Crippen molar-refractivity contribution in [3.8, 4) is 5.75 Å². The lowest BCUT2D eigenvalue weighted by molar-refractivity contribution is -0.385. The molecule has 1 unspecified atom stereocenters. The molecule has 1 N–H and O–H groups in total. The van der Waals surface area contributed by atoms with E-state index in [1.807, 2.05) is 20.8 Å². The van der Waals surface area contributed by atoms with Gasteiger partial charge in [-0.3, -0.25) is 14.9 Å². The molecule has 0 bridgehead atoms. The second-order valence-electron chi connectivity index (χ2n) is 7.25. The van der Waals surface area contributed by atoms with E-state index in [1.54, 1.807) is 12.1 Å². The topological polar surface area (TPSA) is 140 Å². The van der Waals surface area contributed by atoms with Crippen LogP contribution in [0.3, 0.4) is 0 Å². The fourth-order valence-electron chi connectivity index (χ4n) is 2.77. The summed E-state index contributed by atoms with van der Waals surface area (Å²) in [6.45, 7) is 5.67. The smallest absolute Gasteiger partial charge is 0.339 e. The third kappa shape index (κ3) is 5.51. The Hall–Kier alpha value is -3.25. The van der Waals surface area contributed by atoms with Crippen LogP contribution in [0.5, 0.6) is 5.75 Å². The van der Waals surface area contributed by atoms with Gasteiger partial charge in [-0.05, 0) is 31.0 Å². The molecule has 12 heteroatoms. The van der Waals surface area contributed by atoms with Crippen LogP contribution in [0.4, 0.5) is 5.69 Å². The first-order valence-corrected chi connectivity index (χ1v) is 11.7. The van der Waals surface area contributed by atoms with Gasteiger partial charge in [0.25, 0.3) is 5.69 Å². The first-order valence-electron chi connectivity index (χ1n) is 9.45. The summed E-state index contributed by atoms with van der Waals surface area (Å²) in [6.07, 6.45) is 1.31. The van der Waals surface area contributed by atoms with Crippen molar-refractivity contribution in [2.45, 2.75) is 30.9 Å². The van der Waals surface area contributed by atoms with Crippen LogP contribution < -0.4 is 9.50 Å². The zero-order valence-corrected chi connectivity index (χ0v) is 19.0. The normalized spacial score (nSPS) is 17.8. The second-order valence-corrected chi connectivity index (χ2v) is 9.93. The van der Waals surface area contributed by atoms with Crippen molar-refractivity contribution in [2.75, 3.05) is 0 Å². The van der Waals surface area contributed by atoms with Gasteiger partial charge in [-0.15, -0.1) is 5.10 Å². The van der Waals surface area contributed by atoms with Crippen LogP contribution in [-0.4, -0.2) is 35.9 Å². The molecule has 0 aromatic heterocycles. The average molecular weight is 477 g/mol. The Balaban J connectivity index is 1.85. The Bertz CT molecular complexity index is 1220. The lowest BCUT2D eigenvalue weighted by atomic mass is 10.1. The largest absolute Gasteiger partial charge is 0.378 e. The number of aryl methyl sites for hydroxylation is 1. The number of nitrogens with zero attached hydrogens (tertiary/aromatic N) is 3. The molecule has 0 radical (unpaired) electrons. The molecular formula is C20H20N4O6S2. The van der Waals surface area contributed by atoms with Crippen LogP contribution in [0, 0.1) is 23.0 Å². The van der Waals surface area contributed by atoms with Gasteiger partial charge in [-0.25, -0.2) is 0 Å². The first kappa shape index (κ1) is 23.4.